The topological polar surface area (TPSA) is 37.3 Å². The number of carbonyl (C=O) groups excluding carboxylic acids is 1. The van der Waals surface area contributed by atoms with Gasteiger partial charge in [0.15, 0.2) is 0 Å². The van der Waals surface area contributed by atoms with Crippen LogP contribution in [0.5, 0.6) is 0 Å². The molecule has 2 atom stereocenters. The van der Waals surface area contributed by atoms with E-state index < -0.39 is 6.10 Å². The molecule has 9 heavy (non-hydrogen) atoms. The molecule has 1 N–H and O–H groups in total. The van der Waals surface area contributed by atoms with Crippen LogP contribution in [0.1, 0.15) is 13.3 Å². The summed E-state index contributed by atoms with van der Waals surface area (Å²) in [5, 5.41) is 9.66. The van der Waals surface area contributed by atoms with E-state index >= 15 is 0 Å². The molecule has 0 radical (unpaired) electrons. The third-order valence-corrected chi connectivity index (χ3v) is 1.69. The molecule has 54 valence electrons. The molecule has 3 heteroatoms. The molecule has 0 rings (SSSR count). The van der Waals surface area contributed by atoms with E-state index in [-0.39, 0.29) is 5.92 Å². The van der Waals surface area contributed by atoms with Crippen molar-refractivity contribution in [3.8, 4) is 0 Å². The molecule has 2 unspecified atom stereocenters. The first-order valence-electron chi connectivity index (χ1n) is 2.91. The van der Waals surface area contributed by atoms with Crippen LogP contribution in [0.15, 0.2) is 0 Å². The second-order valence-corrected chi connectivity index (χ2v) is 2.81. The van der Waals surface area contributed by atoms with Gasteiger partial charge in [0.2, 0.25) is 0 Å². The molecule has 0 saturated carbocycles. The van der Waals surface area contributed by atoms with Crippen molar-refractivity contribution in [2.45, 2.75) is 19.4 Å². The maximum atomic E-state index is 10.2. The van der Waals surface area contributed by atoms with E-state index in [1.165, 1.54) is 0 Å². The highest BCUT2D eigenvalue weighted by Crippen LogP contribution is 2.06. The summed E-state index contributed by atoms with van der Waals surface area (Å²) >= 11 is 3.19. The van der Waals surface area contributed by atoms with E-state index in [1.54, 1.807) is 6.92 Å². The van der Waals surface area contributed by atoms with Gasteiger partial charge in [-0.2, -0.15) is 0 Å². The van der Waals surface area contributed by atoms with Crippen molar-refractivity contribution in [3.05, 3.63) is 0 Å². The molecule has 0 heterocycles. The maximum absolute atomic E-state index is 10.2. The van der Waals surface area contributed by atoms with Gasteiger partial charge in [-0.05, 0) is 13.3 Å². The minimum absolute atomic E-state index is 0.204. The van der Waals surface area contributed by atoms with Crippen molar-refractivity contribution in [2.24, 2.45) is 5.92 Å². The predicted octanol–water partition coefficient (Wildman–Crippen LogP) is 0.967. The Morgan fingerprint density at radius 1 is 1.78 bits per heavy atom. The van der Waals surface area contributed by atoms with Crippen LogP contribution in [0.2, 0.25) is 0 Å². The van der Waals surface area contributed by atoms with Gasteiger partial charge in [0.25, 0.3) is 0 Å². The summed E-state index contributed by atoms with van der Waals surface area (Å²) in [6, 6.07) is 0. The summed E-state index contributed by atoms with van der Waals surface area (Å²) < 4.78 is 0. The molecule has 0 fully saturated rings. The Bertz CT molecular complexity index is 83.1. The van der Waals surface area contributed by atoms with Crippen LogP contribution in [-0.2, 0) is 4.79 Å². The molecule has 0 aliphatic heterocycles. The molecular weight excluding hydrogens is 184 g/mol. The van der Waals surface area contributed by atoms with Crippen LogP contribution < -0.4 is 0 Å². The van der Waals surface area contributed by atoms with Crippen molar-refractivity contribution in [3.63, 3.8) is 0 Å². The second-order valence-electron chi connectivity index (χ2n) is 2.02. The lowest BCUT2D eigenvalue weighted by Crippen LogP contribution is -2.18. The number of aliphatic hydroxyl groups excluding tert-OH is 1. The smallest absolute Gasteiger partial charge is 0.125 e. The summed E-state index contributed by atoms with van der Waals surface area (Å²) in [6.07, 6.45) is 0.993. The quantitative estimate of drug-likeness (QED) is 0.536. The average molecular weight is 195 g/mol. The molecule has 2 nitrogen and oxygen atoms in total. The van der Waals surface area contributed by atoms with Crippen molar-refractivity contribution in [2.75, 3.05) is 5.33 Å². The first kappa shape index (κ1) is 9.11. The average Bonchev–Trinajstić information content (AvgIpc) is 1.82. The van der Waals surface area contributed by atoms with E-state index in [1.807, 2.05) is 0 Å². The van der Waals surface area contributed by atoms with Crippen LogP contribution in [0.4, 0.5) is 0 Å². The summed E-state index contributed by atoms with van der Waals surface area (Å²) in [5.74, 6) is -0.204. The van der Waals surface area contributed by atoms with Crippen molar-refractivity contribution >= 4 is 22.2 Å². The predicted molar refractivity (Wildman–Crippen MR) is 39.6 cm³/mol. The van der Waals surface area contributed by atoms with Crippen LogP contribution in [0.3, 0.4) is 0 Å². The molecule has 0 bridgehead atoms. The van der Waals surface area contributed by atoms with Gasteiger partial charge in [-0.15, -0.1) is 0 Å². The van der Waals surface area contributed by atoms with E-state index in [2.05, 4.69) is 15.9 Å². The van der Waals surface area contributed by atoms with Crippen LogP contribution in [0.25, 0.3) is 0 Å². The molecule has 0 spiro atoms. The standard InChI is InChI=1S/C6H11BrO2/c1-5(9)6(4-8)2-3-7/h4-6,9H,2-3H2,1H3. The summed E-state index contributed by atoms with van der Waals surface area (Å²) in [5.41, 5.74) is 0. The molecule has 0 aromatic rings. The normalized spacial score (nSPS) is 16.8. The fourth-order valence-corrected chi connectivity index (χ4v) is 1.08. The Balaban J connectivity index is 3.54. The zero-order valence-corrected chi connectivity index (χ0v) is 6.97. The van der Waals surface area contributed by atoms with Crippen LogP contribution in [0, 0.1) is 5.92 Å². The van der Waals surface area contributed by atoms with Gasteiger partial charge in [0.1, 0.15) is 6.29 Å². The van der Waals surface area contributed by atoms with Gasteiger partial charge in [0.05, 0.1) is 6.10 Å². The summed E-state index contributed by atoms with van der Waals surface area (Å²) in [6.45, 7) is 1.63. The van der Waals surface area contributed by atoms with Crippen molar-refractivity contribution in [1.82, 2.24) is 0 Å². The number of hydrogen-bond acceptors (Lipinski definition) is 2. The highest BCUT2D eigenvalue weighted by atomic mass is 79.9. The summed E-state index contributed by atoms with van der Waals surface area (Å²) in [4.78, 5) is 10.2. The zero-order chi connectivity index (χ0) is 7.28. The van der Waals surface area contributed by atoms with Gasteiger partial charge in [-0.3, -0.25) is 0 Å². The van der Waals surface area contributed by atoms with Gasteiger partial charge in [0, 0.05) is 11.2 Å². The lowest BCUT2D eigenvalue weighted by molar-refractivity contribution is -0.113. The maximum Gasteiger partial charge on any atom is 0.125 e. The highest BCUT2D eigenvalue weighted by molar-refractivity contribution is 9.09. The van der Waals surface area contributed by atoms with Crippen molar-refractivity contribution < 1.29 is 9.90 Å². The fourth-order valence-electron chi connectivity index (χ4n) is 0.549. The molecule has 0 aliphatic carbocycles. The Kier molecular flexibility index (Phi) is 5.00. The van der Waals surface area contributed by atoms with Gasteiger partial charge >= 0.3 is 0 Å². The minimum Gasteiger partial charge on any atom is -0.393 e. The largest absolute Gasteiger partial charge is 0.393 e. The minimum atomic E-state index is -0.514. The number of aldehydes is 1. The Morgan fingerprint density at radius 3 is 2.44 bits per heavy atom. The Morgan fingerprint density at radius 2 is 2.33 bits per heavy atom. The number of rotatable bonds is 4. The fraction of sp³-hybridized carbons (Fsp3) is 0.833. The summed E-state index contributed by atoms with van der Waals surface area (Å²) in [7, 11) is 0. The number of hydrogen-bond donors (Lipinski definition) is 1. The molecule has 0 amide bonds. The molecular formula is C6H11BrO2. The lowest BCUT2D eigenvalue weighted by Gasteiger charge is -2.09. The lowest BCUT2D eigenvalue weighted by atomic mass is 10.0. The third-order valence-electron chi connectivity index (χ3n) is 1.24. The van der Waals surface area contributed by atoms with E-state index in [4.69, 9.17) is 5.11 Å². The molecule has 0 aromatic carbocycles. The van der Waals surface area contributed by atoms with E-state index in [0.717, 1.165) is 11.6 Å². The van der Waals surface area contributed by atoms with Crippen LogP contribution >= 0.6 is 15.9 Å². The first-order chi connectivity index (χ1) is 4.22. The Labute approximate surface area is 63.4 Å². The van der Waals surface area contributed by atoms with Gasteiger partial charge in [-0.1, -0.05) is 15.9 Å². The SMILES string of the molecule is CC(O)C(C=O)CCBr. The Hall–Kier alpha value is 0.110. The van der Waals surface area contributed by atoms with Crippen molar-refractivity contribution in [1.29, 1.82) is 0 Å². The number of alkyl halides is 1. The molecule has 0 saturated heterocycles. The molecule has 0 aromatic heterocycles. The van der Waals surface area contributed by atoms with E-state index in [9.17, 15) is 4.79 Å². The highest BCUT2D eigenvalue weighted by Gasteiger charge is 2.11. The first-order valence-corrected chi connectivity index (χ1v) is 4.03. The van der Waals surface area contributed by atoms with Crippen LogP contribution in [-0.4, -0.2) is 22.8 Å². The number of carbonyl (C=O) groups is 1. The number of halogens is 1. The second kappa shape index (κ2) is 4.94. The zero-order valence-electron chi connectivity index (χ0n) is 5.38. The number of aliphatic hydroxyl groups is 1. The van der Waals surface area contributed by atoms with Gasteiger partial charge in [-0.25, -0.2) is 0 Å². The van der Waals surface area contributed by atoms with Gasteiger partial charge < -0.3 is 9.90 Å². The van der Waals surface area contributed by atoms with E-state index in [0.29, 0.717) is 6.42 Å². The third kappa shape index (κ3) is 3.65. The monoisotopic (exact) mass is 194 g/mol. The molecule has 0 aliphatic rings.